The van der Waals surface area contributed by atoms with Crippen molar-refractivity contribution in [3.8, 4) is 0 Å². The molecule has 1 aromatic heterocycles. The summed E-state index contributed by atoms with van der Waals surface area (Å²) in [6.07, 6.45) is 12.0. The molecule has 2 aliphatic heterocycles. The van der Waals surface area contributed by atoms with E-state index in [0.29, 0.717) is 6.04 Å². The third-order valence-electron chi connectivity index (χ3n) is 5.95. The van der Waals surface area contributed by atoms with Gasteiger partial charge in [-0.3, -0.25) is 0 Å². The van der Waals surface area contributed by atoms with Gasteiger partial charge in [-0.25, -0.2) is 9.48 Å². The summed E-state index contributed by atoms with van der Waals surface area (Å²) >= 11 is 0. The quantitative estimate of drug-likeness (QED) is 0.914. The number of nitrogens with one attached hydrogen (secondary N) is 1. The minimum atomic E-state index is 0.0990. The maximum absolute atomic E-state index is 12.6. The highest BCUT2D eigenvalue weighted by molar-refractivity contribution is 5.74. The third kappa shape index (κ3) is 3.41. The molecule has 4 rings (SSSR count). The molecule has 3 fully saturated rings. The van der Waals surface area contributed by atoms with E-state index in [1.165, 1.54) is 19.3 Å². The largest absolute Gasteiger partial charge is 0.335 e. The number of hydrogen-bond donors (Lipinski definition) is 1. The van der Waals surface area contributed by atoms with Gasteiger partial charge in [0, 0.05) is 44.5 Å². The van der Waals surface area contributed by atoms with Gasteiger partial charge in [-0.1, -0.05) is 11.6 Å². The molecule has 0 bridgehead atoms. The van der Waals surface area contributed by atoms with Crippen molar-refractivity contribution in [3.05, 3.63) is 12.4 Å². The Labute approximate surface area is 143 Å². The lowest BCUT2D eigenvalue weighted by molar-refractivity contribution is 0.0908. The fourth-order valence-corrected chi connectivity index (χ4v) is 4.19. The second-order valence-electron chi connectivity index (χ2n) is 7.47. The molecule has 1 saturated carbocycles. The number of carbonyl (C=O) groups is 1. The summed E-state index contributed by atoms with van der Waals surface area (Å²) in [4.78, 5) is 17.2. The smallest absolute Gasteiger partial charge is 0.317 e. The highest BCUT2D eigenvalue weighted by atomic mass is 16.2. The first kappa shape index (κ1) is 15.9. The highest BCUT2D eigenvalue weighted by Crippen LogP contribution is 2.27. The molecule has 7 heteroatoms. The van der Waals surface area contributed by atoms with Crippen LogP contribution in [-0.2, 0) is 0 Å². The zero-order chi connectivity index (χ0) is 16.4. The summed E-state index contributed by atoms with van der Waals surface area (Å²) in [6, 6.07) is 1.52. The molecule has 1 atom stereocenters. The van der Waals surface area contributed by atoms with Gasteiger partial charge in [0.1, 0.15) is 0 Å². The molecule has 0 radical (unpaired) electrons. The van der Waals surface area contributed by atoms with Crippen LogP contribution in [0.4, 0.5) is 4.79 Å². The fourth-order valence-electron chi connectivity index (χ4n) is 4.19. The number of aromatic nitrogens is 3. The molecule has 0 spiro atoms. The lowest BCUT2D eigenvalue weighted by Gasteiger charge is -2.42. The van der Waals surface area contributed by atoms with Crippen molar-refractivity contribution in [1.29, 1.82) is 0 Å². The first-order valence-electron chi connectivity index (χ1n) is 9.45. The van der Waals surface area contributed by atoms with Crippen molar-refractivity contribution >= 4 is 6.03 Å². The third-order valence-corrected chi connectivity index (χ3v) is 5.95. The molecular weight excluding hydrogens is 304 g/mol. The molecule has 3 heterocycles. The van der Waals surface area contributed by atoms with E-state index in [4.69, 9.17) is 0 Å². The highest BCUT2D eigenvalue weighted by Gasteiger charge is 2.31. The van der Waals surface area contributed by atoms with E-state index in [1.807, 2.05) is 15.8 Å². The van der Waals surface area contributed by atoms with Crippen molar-refractivity contribution in [1.82, 2.24) is 30.1 Å². The second kappa shape index (κ2) is 7.09. The maximum atomic E-state index is 12.6. The van der Waals surface area contributed by atoms with E-state index in [9.17, 15) is 4.79 Å². The van der Waals surface area contributed by atoms with Gasteiger partial charge in [-0.05, 0) is 38.5 Å². The minimum Gasteiger partial charge on any atom is -0.335 e. The summed E-state index contributed by atoms with van der Waals surface area (Å²) < 4.78 is 1.89. The summed E-state index contributed by atoms with van der Waals surface area (Å²) in [7, 11) is 0. The van der Waals surface area contributed by atoms with Crippen LogP contribution in [0.5, 0.6) is 0 Å². The number of amides is 2. The molecule has 0 aromatic carbocycles. The normalized spacial score (nSPS) is 27.0. The predicted molar refractivity (Wildman–Crippen MR) is 90.6 cm³/mol. The van der Waals surface area contributed by atoms with E-state index >= 15 is 0 Å². The van der Waals surface area contributed by atoms with Crippen molar-refractivity contribution in [2.24, 2.45) is 0 Å². The molecule has 132 valence electrons. The molecule has 2 saturated heterocycles. The summed E-state index contributed by atoms with van der Waals surface area (Å²) in [5.74, 6) is 0. The molecular formula is C17H28N6O. The van der Waals surface area contributed by atoms with E-state index in [2.05, 4.69) is 20.5 Å². The number of rotatable bonds is 3. The number of likely N-dealkylation sites (tertiary alicyclic amines) is 2. The van der Waals surface area contributed by atoms with Crippen LogP contribution in [0.3, 0.4) is 0 Å². The van der Waals surface area contributed by atoms with Crippen LogP contribution in [0.15, 0.2) is 12.4 Å². The Bertz CT molecular complexity index is 535. The molecule has 1 aromatic rings. The van der Waals surface area contributed by atoms with Crippen molar-refractivity contribution in [2.75, 3.05) is 26.2 Å². The number of carbonyl (C=O) groups excluding carboxylic acids is 1. The van der Waals surface area contributed by atoms with Gasteiger partial charge >= 0.3 is 6.03 Å². The second-order valence-corrected chi connectivity index (χ2v) is 7.47. The van der Waals surface area contributed by atoms with Gasteiger partial charge in [-0.15, -0.1) is 5.10 Å². The number of piperidine rings is 2. The molecule has 1 unspecified atom stereocenters. The molecule has 7 nitrogen and oxygen atoms in total. The predicted octanol–water partition coefficient (Wildman–Crippen LogP) is 1.64. The minimum absolute atomic E-state index is 0.0990. The van der Waals surface area contributed by atoms with Gasteiger partial charge in [0.05, 0.1) is 12.2 Å². The van der Waals surface area contributed by atoms with Crippen LogP contribution in [0.25, 0.3) is 0 Å². The summed E-state index contributed by atoms with van der Waals surface area (Å²) in [5, 5.41) is 11.2. The zero-order valence-corrected chi connectivity index (χ0v) is 14.3. The Hall–Kier alpha value is -1.63. The molecule has 24 heavy (non-hydrogen) atoms. The Kier molecular flexibility index (Phi) is 4.69. The van der Waals surface area contributed by atoms with Gasteiger partial charge in [-0.2, -0.15) is 0 Å². The van der Waals surface area contributed by atoms with Crippen LogP contribution >= 0.6 is 0 Å². The van der Waals surface area contributed by atoms with Crippen LogP contribution in [0.1, 0.15) is 51.0 Å². The summed E-state index contributed by atoms with van der Waals surface area (Å²) in [5.41, 5.74) is 0. The van der Waals surface area contributed by atoms with Crippen molar-refractivity contribution in [2.45, 2.75) is 63.1 Å². The van der Waals surface area contributed by atoms with E-state index in [-0.39, 0.29) is 12.1 Å². The maximum Gasteiger partial charge on any atom is 0.317 e. The average molecular weight is 332 g/mol. The Morgan fingerprint density at radius 2 is 1.79 bits per heavy atom. The molecule has 2 amide bonds. The number of nitrogens with zero attached hydrogens (tertiary/aromatic N) is 5. The average Bonchev–Trinajstić information content (AvgIpc) is 3.10. The monoisotopic (exact) mass is 332 g/mol. The van der Waals surface area contributed by atoms with Gasteiger partial charge < -0.3 is 15.1 Å². The van der Waals surface area contributed by atoms with E-state index in [1.54, 1.807) is 6.20 Å². The van der Waals surface area contributed by atoms with Crippen molar-refractivity contribution < 1.29 is 4.79 Å². The number of hydrogen-bond acceptors (Lipinski definition) is 4. The van der Waals surface area contributed by atoms with Crippen LogP contribution in [0, 0.1) is 0 Å². The van der Waals surface area contributed by atoms with Gasteiger partial charge in [0.25, 0.3) is 0 Å². The van der Waals surface area contributed by atoms with Gasteiger partial charge in [0.15, 0.2) is 0 Å². The SMILES string of the molecule is O=C(NC1CCN(C2CCC2)CC1)N1CCCC(n2ccnn2)C1. The van der Waals surface area contributed by atoms with Crippen LogP contribution in [0.2, 0.25) is 0 Å². The van der Waals surface area contributed by atoms with E-state index in [0.717, 1.165) is 57.9 Å². The van der Waals surface area contributed by atoms with Gasteiger partial charge in [0.2, 0.25) is 0 Å². The first-order valence-corrected chi connectivity index (χ1v) is 9.45. The van der Waals surface area contributed by atoms with E-state index < -0.39 is 0 Å². The molecule has 1 aliphatic carbocycles. The van der Waals surface area contributed by atoms with Crippen LogP contribution < -0.4 is 5.32 Å². The summed E-state index contributed by atoms with van der Waals surface area (Å²) in [6.45, 7) is 3.85. The standard InChI is InChI=1S/C17H28N6O/c24-17(19-14-6-10-21(11-7-14)15-3-1-4-15)22-9-2-5-16(13-22)23-12-8-18-20-23/h8,12,14-16H,1-7,9-11,13H2,(H,19,24). The Balaban J connectivity index is 1.25. The fraction of sp³-hybridized carbons (Fsp3) is 0.824. The Morgan fingerprint density at radius 3 is 2.46 bits per heavy atom. The Morgan fingerprint density at radius 1 is 1.00 bits per heavy atom. The lowest BCUT2D eigenvalue weighted by Crippen LogP contribution is -2.53. The first-order chi connectivity index (χ1) is 11.8. The zero-order valence-electron chi connectivity index (χ0n) is 14.3. The van der Waals surface area contributed by atoms with Crippen LogP contribution in [-0.4, -0.2) is 69.1 Å². The lowest BCUT2D eigenvalue weighted by atomic mass is 9.89. The topological polar surface area (TPSA) is 66.3 Å². The van der Waals surface area contributed by atoms with Crippen molar-refractivity contribution in [3.63, 3.8) is 0 Å². The molecule has 1 N–H and O–H groups in total. The molecule has 3 aliphatic rings. The number of urea groups is 1.